The van der Waals surface area contributed by atoms with E-state index < -0.39 is 12.3 Å². The molecule has 1 aliphatic heterocycles. The van der Waals surface area contributed by atoms with Gasteiger partial charge in [0.15, 0.2) is 0 Å². The van der Waals surface area contributed by atoms with E-state index in [1.807, 2.05) is 19.9 Å². The summed E-state index contributed by atoms with van der Waals surface area (Å²) >= 11 is 0. The average Bonchev–Trinajstić information content (AvgIpc) is 2.54. The monoisotopic (exact) mass is 169 g/mol. The van der Waals surface area contributed by atoms with Crippen molar-refractivity contribution in [3.63, 3.8) is 0 Å². The molecule has 4 heteroatoms. The molecule has 0 aliphatic carbocycles. The van der Waals surface area contributed by atoms with Crippen molar-refractivity contribution in [1.82, 2.24) is 9.78 Å². The fraction of sp³-hybridized carbons (Fsp3) is 0.625. The van der Waals surface area contributed by atoms with E-state index in [-0.39, 0.29) is 5.41 Å². The van der Waals surface area contributed by atoms with Crippen LogP contribution >= 0.6 is 0 Å². The maximum atomic E-state index is 13.4. The number of nitrogens with two attached hydrogens (primary N) is 1. The number of halogens is 1. The lowest BCUT2D eigenvalue weighted by Crippen LogP contribution is -2.38. The van der Waals surface area contributed by atoms with Gasteiger partial charge in [0.1, 0.15) is 0 Å². The Balaban J connectivity index is 2.57. The van der Waals surface area contributed by atoms with Crippen LogP contribution in [0, 0.1) is 0 Å². The van der Waals surface area contributed by atoms with E-state index in [2.05, 4.69) is 5.10 Å². The first-order valence-electron chi connectivity index (χ1n) is 3.99. The van der Waals surface area contributed by atoms with Crippen molar-refractivity contribution in [1.29, 1.82) is 0 Å². The topological polar surface area (TPSA) is 43.8 Å². The molecule has 0 fully saturated rings. The molecule has 12 heavy (non-hydrogen) atoms. The lowest BCUT2D eigenvalue weighted by atomic mass is 9.84. The Labute approximate surface area is 70.4 Å². The highest BCUT2D eigenvalue weighted by Gasteiger charge is 2.45. The second kappa shape index (κ2) is 2.07. The second-order valence-electron chi connectivity index (χ2n) is 3.78. The van der Waals surface area contributed by atoms with Crippen molar-refractivity contribution in [3.8, 4) is 0 Å². The predicted octanol–water partition coefficient (Wildman–Crippen LogP) is 0.970. The number of aromatic nitrogens is 2. The molecule has 0 amide bonds. The number of nitrogens with zero attached hydrogens (tertiary/aromatic N) is 2. The highest BCUT2D eigenvalue weighted by molar-refractivity contribution is 5.23. The van der Waals surface area contributed by atoms with Crippen molar-refractivity contribution in [2.45, 2.75) is 31.6 Å². The number of hydrogen-bond donors (Lipinski definition) is 1. The van der Waals surface area contributed by atoms with Crippen molar-refractivity contribution in [3.05, 3.63) is 18.0 Å². The SMILES string of the molecule is CC1(C)c2ccnn2C(F)[C@H]1N. The maximum Gasteiger partial charge on any atom is 0.207 e. The molecule has 0 radical (unpaired) electrons. The molecule has 1 unspecified atom stereocenters. The summed E-state index contributed by atoms with van der Waals surface area (Å²) in [5.74, 6) is 0. The Bertz CT molecular complexity index is 305. The molecule has 1 aromatic rings. The number of fused-ring (bicyclic) bond motifs is 1. The third-order valence-electron chi connectivity index (χ3n) is 2.69. The maximum absolute atomic E-state index is 13.4. The molecule has 1 aromatic heterocycles. The van der Waals surface area contributed by atoms with Crippen molar-refractivity contribution in [2.75, 3.05) is 0 Å². The molecule has 2 rings (SSSR count). The molecule has 3 nitrogen and oxygen atoms in total. The van der Waals surface area contributed by atoms with E-state index in [0.29, 0.717) is 0 Å². The van der Waals surface area contributed by atoms with Crippen LogP contribution in [-0.2, 0) is 5.41 Å². The van der Waals surface area contributed by atoms with Gasteiger partial charge in [-0.25, -0.2) is 9.07 Å². The van der Waals surface area contributed by atoms with Crippen LogP contribution in [-0.4, -0.2) is 15.8 Å². The minimum atomic E-state index is -1.18. The van der Waals surface area contributed by atoms with E-state index in [9.17, 15) is 4.39 Å². The molecule has 0 saturated carbocycles. The molecule has 0 saturated heterocycles. The number of alkyl halides is 1. The Morgan fingerprint density at radius 3 is 2.92 bits per heavy atom. The zero-order valence-electron chi connectivity index (χ0n) is 7.16. The highest BCUT2D eigenvalue weighted by Crippen LogP contribution is 2.39. The van der Waals surface area contributed by atoms with Gasteiger partial charge in [-0.15, -0.1) is 0 Å². The van der Waals surface area contributed by atoms with Gasteiger partial charge in [-0.2, -0.15) is 5.10 Å². The molecular formula is C8H12FN3. The third-order valence-corrected chi connectivity index (χ3v) is 2.69. The first kappa shape index (κ1) is 7.73. The van der Waals surface area contributed by atoms with Crippen molar-refractivity contribution in [2.24, 2.45) is 5.73 Å². The normalized spacial score (nSPS) is 32.0. The highest BCUT2D eigenvalue weighted by atomic mass is 19.1. The summed E-state index contributed by atoms with van der Waals surface area (Å²) in [6, 6.07) is 1.33. The molecule has 66 valence electrons. The minimum absolute atomic E-state index is 0.310. The van der Waals surface area contributed by atoms with Gasteiger partial charge in [0.2, 0.25) is 6.30 Å². The van der Waals surface area contributed by atoms with Gasteiger partial charge >= 0.3 is 0 Å². The summed E-state index contributed by atoms with van der Waals surface area (Å²) in [5, 5.41) is 3.89. The fourth-order valence-electron chi connectivity index (χ4n) is 1.69. The summed E-state index contributed by atoms with van der Waals surface area (Å²) in [5.41, 5.74) is 6.28. The van der Waals surface area contributed by atoms with Crippen molar-refractivity contribution < 1.29 is 4.39 Å². The van der Waals surface area contributed by atoms with Gasteiger partial charge in [0.05, 0.1) is 6.04 Å². The van der Waals surface area contributed by atoms with E-state index >= 15 is 0 Å². The Morgan fingerprint density at radius 1 is 1.67 bits per heavy atom. The molecule has 0 aromatic carbocycles. The Hall–Kier alpha value is -0.900. The number of rotatable bonds is 0. The lowest BCUT2D eigenvalue weighted by Gasteiger charge is -2.22. The predicted molar refractivity (Wildman–Crippen MR) is 43.4 cm³/mol. The first-order chi connectivity index (χ1) is 5.55. The van der Waals surface area contributed by atoms with Crippen LogP contribution in [0.15, 0.2) is 12.3 Å². The molecule has 2 atom stereocenters. The smallest absolute Gasteiger partial charge is 0.207 e. The molecule has 2 N–H and O–H groups in total. The number of hydrogen-bond acceptors (Lipinski definition) is 2. The Morgan fingerprint density at radius 2 is 2.33 bits per heavy atom. The molecular weight excluding hydrogens is 157 g/mol. The fourth-order valence-corrected chi connectivity index (χ4v) is 1.69. The van der Waals surface area contributed by atoms with Crippen LogP contribution in [0.5, 0.6) is 0 Å². The van der Waals surface area contributed by atoms with E-state index in [1.165, 1.54) is 4.68 Å². The standard InChI is InChI=1S/C8H12FN3/c1-8(2)5-3-4-11-12(5)7(9)6(8)10/h3-4,6-7H,10H2,1-2H3/t6-,7?/m1/s1. The van der Waals surface area contributed by atoms with Gasteiger partial charge in [0, 0.05) is 17.3 Å². The second-order valence-corrected chi connectivity index (χ2v) is 3.78. The van der Waals surface area contributed by atoms with Crippen molar-refractivity contribution >= 4 is 0 Å². The first-order valence-corrected chi connectivity index (χ1v) is 3.99. The van der Waals surface area contributed by atoms with E-state index in [1.54, 1.807) is 6.20 Å². The van der Waals surface area contributed by atoms with E-state index in [0.717, 1.165) is 5.69 Å². The average molecular weight is 169 g/mol. The van der Waals surface area contributed by atoms with Crippen LogP contribution in [0.4, 0.5) is 4.39 Å². The molecule has 0 bridgehead atoms. The van der Waals surface area contributed by atoms with Gasteiger partial charge < -0.3 is 5.73 Å². The summed E-state index contributed by atoms with van der Waals surface area (Å²) in [7, 11) is 0. The largest absolute Gasteiger partial charge is 0.323 e. The minimum Gasteiger partial charge on any atom is -0.323 e. The summed E-state index contributed by atoms with van der Waals surface area (Å²) in [6.07, 6.45) is 0.431. The lowest BCUT2D eigenvalue weighted by molar-refractivity contribution is 0.185. The van der Waals surface area contributed by atoms with Crippen LogP contribution in [0.2, 0.25) is 0 Å². The zero-order chi connectivity index (χ0) is 8.93. The summed E-state index contributed by atoms with van der Waals surface area (Å²) in [4.78, 5) is 0. The Kier molecular flexibility index (Phi) is 1.33. The van der Waals surface area contributed by atoms with Gasteiger partial charge in [-0.3, -0.25) is 0 Å². The quantitative estimate of drug-likeness (QED) is 0.629. The van der Waals surface area contributed by atoms with Crippen LogP contribution in [0.25, 0.3) is 0 Å². The van der Waals surface area contributed by atoms with Crippen LogP contribution in [0.3, 0.4) is 0 Å². The summed E-state index contributed by atoms with van der Waals surface area (Å²) < 4.78 is 14.8. The van der Waals surface area contributed by atoms with Gasteiger partial charge in [-0.1, -0.05) is 13.8 Å². The van der Waals surface area contributed by atoms with E-state index in [4.69, 9.17) is 5.73 Å². The summed E-state index contributed by atoms with van der Waals surface area (Å²) in [6.45, 7) is 3.87. The molecule has 0 spiro atoms. The zero-order valence-corrected chi connectivity index (χ0v) is 7.16. The van der Waals surface area contributed by atoms with Crippen LogP contribution < -0.4 is 5.73 Å². The van der Waals surface area contributed by atoms with Crippen LogP contribution in [0.1, 0.15) is 25.8 Å². The molecule has 1 aliphatic rings. The van der Waals surface area contributed by atoms with Gasteiger partial charge in [0.25, 0.3) is 0 Å². The third kappa shape index (κ3) is 0.705. The molecule has 2 heterocycles. The van der Waals surface area contributed by atoms with Gasteiger partial charge in [-0.05, 0) is 6.07 Å².